The first-order valence-corrected chi connectivity index (χ1v) is 10.1. The number of benzene rings is 2. The normalized spacial score (nSPS) is 10.8. The molecule has 0 bridgehead atoms. The van der Waals surface area contributed by atoms with E-state index in [0.717, 1.165) is 22.7 Å². The van der Waals surface area contributed by atoms with Gasteiger partial charge in [-0.2, -0.15) is 10.2 Å². The summed E-state index contributed by atoms with van der Waals surface area (Å²) in [7, 11) is 0. The molecule has 2 heterocycles. The third-order valence-corrected chi connectivity index (χ3v) is 5.09. The number of aromatic nitrogens is 4. The molecule has 0 aliphatic carbocycles. The molecule has 158 valence electrons. The molecule has 31 heavy (non-hydrogen) atoms. The summed E-state index contributed by atoms with van der Waals surface area (Å²) in [5.74, 6) is 0.596. The second-order valence-corrected chi connectivity index (χ2v) is 7.56. The van der Waals surface area contributed by atoms with Crippen molar-refractivity contribution in [3.8, 4) is 11.4 Å². The lowest BCUT2D eigenvalue weighted by Crippen LogP contribution is -2.14. The lowest BCUT2D eigenvalue weighted by Gasteiger charge is -2.09. The van der Waals surface area contributed by atoms with Crippen LogP contribution in [0.5, 0.6) is 5.75 Å². The van der Waals surface area contributed by atoms with Crippen LogP contribution in [0.25, 0.3) is 5.69 Å². The Morgan fingerprint density at radius 3 is 2.58 bits per heavy atom. The maximum absolute atomic E-state index is 12.9. The molecule has 7 heteroatoms. The summed E-state index contributed by atoms with van der Waals surface area (Å²) in [6, 6.07) is 15.8. The van der Waals surface area contributed by atoms with Crippen molar-refractivity contribution in [2.24, 2.45) is 0 Å². The van der Waals surface area contributed by atoms with Crippen molar-refractivity contribution in [3.05, 3.63) is 89.0 Å². The number of nitrogens with one attached hydrogen (secondary N) is 1. The van der Waals surface area contributed by atoms with E-state index in [1.54, 1.807) is 21.8 Å². The van der Waals surface area contributed by atoms with Gasteiger partial charge < -0.3 is 10.1 Å². The molecule has 7 nitrogen and oxygen atoms in total. The molecule has 2 aromatic carbocycles. The fraction of sp³-hybridized carbons (Fsp3) is 0.208. The number of nitrogens with zero attached hydrogens (tertiary/aromatic N) is 4. The van der Waals surface area contributed by atoms with Gasteiger partial charge in [0.05, 0.1) is 40.7 Å². The highest BCUT2D eigenvalue weighted by molar-refractivity contribution is 6.05. The number of hydrogen-bond acceptors (Lipinski definition) is 4. The lowest BCUT2D eigenvalue weighted by molar-refractivity contribution is 0.102. The van der Waals surface area contributed by atoms with Gasteiger partial charge in [-0.1, -0.05) is 35.9 Å². The molecule has 2 aromatic heterocycles. The molecule has 1 N–H and O–H groups in total. The van der Waals surface area contributed by atoms with Crippen LogP contribution in [0.4, 0.5) is 5.69 Å². The molecule has 4 aromatic rings. The Kier molecular flexibility index (Phi) is 5.58. The molecule has 0 atom stereocenters. The fourth-order valence-corrected chi connectivity index (χ4v) is 3.58. The highest BCUT2D eigenvalue weighted by Crippen LogP contribution is 2.21. The monoisotopic (exact) mass is 415 g/mol. The van der Waals surface area contributed by atoms with Crippen LogP contribution in [0.1, 0.15) is 32.9 Å². The number of hydrogen-bond donors (Lipinski definition) is 1. The Morgan fingerprint density at radius 1 is 1.06 bits per heavy atom. The molecule has 0 unspecified atom stereocenters. The zero-order chi connectivity index (χ0) is 22.0. The number of para-hydroxylation sites is 1. The molecule has 0 spiro atoms. The van der Waals surface area contributed by atoms with E-state index in [0.29, 0.717) is 16.9 Å². The zero-order valence-corrected chi connectivity index (χ0v) is 18.1. The maximum Gasteiger partial charge on any atom is 0.259 e. The number of amides is 1. The van der Waals surface area contributed by atoms with E-state index in [9.17, 15) is 4.79 Å². The topological polar surface area (TPSA) is 74.0 Å². The van der Waals surface area contributed by atoms with Gasteiger partial charge in [0.1, 0.15) is 5.75 Å². The Hall–Kier alpha value is -3.87. The minimum Gasteiger partial charge on any atom is -0.471 e. The summed E-state index contributed by atoms with van der Waals surface area (Å²) in [4.78, 5) is 12.9. The van der Waals surface area contributed by atoms with Crippen LogP contribution < -0.4 is 10.1 Å². The van der Waals surface area contributed by atoms with E-state index < -0.39 is 0 Å². The van der Waals surface area contributed by atoms with E-state index in [2.05, 4.69) is 21.6 Å². The summed E-state index contributed by atoms with van der Waals surface area (Å²) in [5, 5.41) is 11.7. The van der Waals surface area contributed by atoms with Crippen molar-refractivity contribution < 1.29 is 9.53 Å². The van der Waals surface area contributed by atoms with Crippen LogP contribution in [-0.4, -0.2) is 25.5 Å². The molecular formula is C24H25N5O2. The van der Waals surface area contributed by atoms with Crippen LogP contribution in [-0.2, 0) is 6.73 Å². The molecule has 0 saturated heterocycles. The van der Waals surface area contributed by atoms with Crippen LogP contribution in [0.3, 0.4) is 0 Å². The van der Waals surface area contributed by atoms with Crippen molar-refractivity contribution >= 4 is 11.6 Å². The Morgan fingerprint density at radius 2 is 1.84 bits per heavy atom. The first-order chi connectivity index (χ1) is 14.9. The quantitative estimate of drug-likeness (QED) is 0.500. The maximum atomic E-state index is 12.9. The van der Waals surface area contributed by atoms with Gasteiger partial charge in [0.25, 0.3) is 5.91 Å². The van der Waals surface area contributed by atoms with Crippen molar-refractivity contribution in [2.45, 2.75) is 34.4 Å². The minimum atomic E-state index is -0.216. The van der Waals surface area contributed by atoms with Crippen molar-refractivity contribution in [1.82, 2.24) is 19.6 Å². The predicted molar refractivity (Wildman–Crippen MR) is 120 cm³/mol. The standard InChI is InChI=1S/C24H25N5O2/c1-16-10-11-22(17(2)12-16)31-15-28-14-20(13-25-28)26-24(30)23-18(3)27-29(19(23)4)21-8-6-5-7-9-21/h5-14H,15H2,1-4H3,(H,26,30). The van der Waals surface area contributed by atoms with Gasteiger partial charge in [0, 0.05) is 0 Å². The Bertz CT molecular complexity index is 1220. The molecule has 0 aliphatic heterocycles. The third kappa shape index (κ3) is 4.35. The van der Waals surface area contributed by atoms with Crippen LogP contribution in [0.2, 0.25) is 0 Å². The molecule has 0 aliphatic rings. The number of anilines is 1. The fourth-order valence-electron chi connectivity index (χ4n) is 3.58. The molecule has 0 fully saturated rings. The van der Waals surface area contributed by atoms with E-state index in [1.807, 2.05) is 70.2 Å². The average molecular weight is 415 g/mol. The summed E-state index contributed by atoms with van der Waals surface area (Å²) in [6.45, 7) is 8.04. The second kappa shape index (κ2) is 8.47. The number of ether oxygens (including phenoxy) is 1. The van der Waals surface area contributed by atoms with Crippen molar-refractivity contribution in [1.29, 1.82) is 0 Å². The van der Waals surface area contributed by atoms with Gasteiger partial charge in [0.15, 0.2) is 6.73 Å². The van der Waals surface area contributed by atoms with Crippen molar-refractivity contribution in [2.75, 3.05) is 5.32 Å². The minimum absolute atomic E-state index is 0.216. The van der Waals surface area contributed by atoms with E-state index >= 15 is 0 Å². The first-order valence-electron chi connectivity index (χ1n) is 10.1. The van der Waals surface area contributed by atoms with E-state index in [1.165, 1.54) is 5.56 Å². The molecule has 1 amide bonds. The van der Waals surface area contributed by atoms with Gasteiger partial charge in [-0.15, -0.1) is 0 Å². The van der Waals surface area contributed by atoms with E-state index in [-0.39, 0.29) is 12.6 Å². The smallest absolute Gasteiger partial charge is 0.259 e. The first kappa shape index (κ1) is 20.4. The van der Waals surface area contributed by atoms with Gasteiger partial charge in [-0.3, -0.25) is 4.79 Å². The van der Waals surface area contributed by atoms with Gasteiger partial charge in [-0.25, -0.2) is 9.36 Å². The lowest BCUT2D eigenvalue weighted by atomic mass is 10.1. The van der Waals surface area contributed by atoms with Gasteiger partial charge in [-0.05, 0) is 51.5 Å². The molecular weight excluding hydrogens is 390 g/mol. The number of aryl methyl sites for hydroxylation is 3. The Balaban J connectivity index is 1.45. The zero-order valence-electron chi connectivity index (χ0n) is 18.1. The van der Waals surface area contributed by atoms with E-state index in [4.69, 9.17) is 4.74 Å². The Labute approximate surface area is 181 Å². The summed E-state index contributed by atoms with van der Waals surface area (Å²) < 4.78 is 9.27. The number of carbonyl (C=O) groups is 1. The summed E-state index contributed by atoms with van der Waals surface area (Å²) >= 11 is 0. The van der Waals surface area contributed by atoms with Gasteiger partial charge in [0.2, 0.25) is 0 Å². The average Bonchev–Trinajstić information content (AvgIpc) is 3.31. The predicted octanol–water partition coefficient (Wildman–Crippen LogP) is 4.59. The van der Waals surface area contributed by atoms with Crippen LogP contribution >= 0.6 is 0 Å². The third-order valence-electron chi connectivity index (χ3n) is 5.09. The van der Waals surface area contributed by atoms with Crippen molar-refractivity contribution in [3.63, 3.8) is 0 Å². The van der Waals surface area contributed by atoms with Gasteiger partial charge >= 0.3 is 0 Å². The summed E-state index contributed by atoms with van der Waals surface area (Å²) in [5.41, 5.74) is 5.79. The number of rotatable bonds is 6. The van der Waals surface area contributed by atoms with Crippen LogP contribution in [0.15, 0.2) is 60.9 Å². The molecule has 0 radical (unpaired) electrons. The SMILES string of the molecule is Cc1ccc(OCn2cc(NC(=O)c3c(C)nn(-c4ccccc4)c3C)cn2)c(C)c1. The second-order valence-electron chi connectivity index (χ2n) is 7.56. The highest BCUT2D eigenvalue weighted by Gasteiger charge is 2.20. The van der Waals surface area contributed by atoms with Crippen LogP contribution in [0, 0.1) is 27.7 Å². The number of carbonyl (C=O) groups excluding carboxylic acids is 1. The molecule has 0 saturated carbocycles. The largest absolute Gasteiger partial charge is 0.471 e. The summed E-state index contributed by atoms with van der Waals surface area (Å²) in [6.07, 6.45) is 3.35. The highest BCUT2D eigenvalue weighted by atomic mass is 16.5. The molecule has 4 rings (SSSR count).